The number of hydrogen-bond acceptors (Lipinski definition) is 7. The smallest absolute Gasteiger partial charge is 0.221 e. The fourth-order valence-corrected chi connectivity index (χ4v) is 5.00. The molecule has 2 N–H and O–H groups in total. The third-order valence-electron chi connectivity index (χ3n) is 5.01. The summed E-state index contributed by atoms with van der Waals surface area (Å²) in [7, 11) is 0. The van der Waals surface area contributed by atoms with Crippen LogP contribution in [0.25, 0.3) is 4.91 Å². The number of carbonyl (C=O) groups is 1. The highest BCUT2D eigenvalue weighted by molar-refractivity contribution is 8.09. The van der Waals surface area contributed by atoms with Crippen LogP contribution in [-0.2, 0) is 4.79 Å². The predicted octanol–water partition coefficient (Wildman–Crippen LogP) is 4.66. The van der Waals surface area contributed by atoms with E-state index in [-0.39, 0.29) is 10.7 Å². The van der Waals surface area contributed by atoms with E-state index in [1.54, 1.807) is 30.1 Å². The number of thioether (sulfide) groups is 1. The molecular formula is C20H21Cl2N5OS. The van der Waals surface area contributed by atoms with E-state index in [1.807, 2.05) is 24.4 Å². The quantitative estimate of drug-likeness (QED) is 0.621. The first-order chi connectivity index (χ1) is 14.1. The second kappa shape index (κ2) is 9.34. The summed E-state index contributed by atoms with van der Waals surface area (Å²) in [5.41, 5.74) is 1.09. The lowest BCUT2D eigenvalue weighted by molar-refractivity contribution is -0.112. The second-order valence-electron chi connectivity index (χ2n) is 7.08. The molecule has 2 aliphatic heterocycles. The fourth-order valence-electron chi connectivity index (χ4n) is 3.51. The highest BCUT2D eigenvalue weighted by atomic mass is 35.5. The number of anilines is 2. The molecule has 0 radical (unpaired) electrons. The van der Waals surface area contributed by atoms with E-state index < -0.39 is 0 Å². The number of aromatic nitrogens is 2. The molecule has 152 valence electrons. The molecular weight excluding hydrogens is 429 g/mol. The van der Waals surface area contributed by atoms with E-state index in [4.69, 9.17) is 28.2 Å². The van der Waals surface area contributed by atoms with Gasteiger partial charge in [0.25, 0.3) is 0 Å². The average Bonchev–Trinajstić information content (AvgIpc) is 3.19. The monoisotopic (exact) mass is 449 g/mol. The molecule has 0 saturated carbocycles. The summed E-state index contributed by atoms with van der Waals surface area (Å²) < 4.78 is 0. The highest BCUT2D eigenvalue weighted by Gasteiger charge is 2.29. The summed E-state index contributed by atoms with van der Waals surface area (Å²) in [6.45, 7) is 1.91. The van der Waals surface area contributed by atoms with Gasteiger partial charge < -0.3 is 10.6 Å². The summed E-state index contributed by atoms with van der Waals surface area (Å²) in [4.78, 5) is 23.6. The van der Waals surface area contributed by atoms with Gasteiger partial charge in [-0.2, -0.15) is 0 Å². The van der Waals surface area contributed by atoms with Crippen LogP contribution in [0.4, 0.5) is 11.6 Å². The van der Waals surface area contributed by atoms with Crippen molar-refractivity contribution in [2.45, 2.75) is 24.8 Å². The molecule has 0 aliphatic carbocycles. The summed E-state index contributed by atoms with van der Waals surface area (Å²) in [5.74, 6) is 1.78. The van der Waals surface area contributed by atoms with Crippen molar-refractivity contribution in [3.8, 4) is 0 Å². The lowest BCUT2D eigenvalue weighted by atomic mass is 9.94. The van der Waals surface area contributed by atoms with Crippen molar-refractivity contribution in [2.24, 2.45) is 5.92 Å². The van der Waals surface area contributed by atoms with Crippen molar-refractivity contribution in [3.63, 3.8) is 0 Å². The molecule has 0 amide bonds. The number of rotatable bonds is 6. The molecule has 9 heteroatoms. The molecule has 2 aliphatic rings. The van der Waals surface area contributed by atoms with Gasteiger partial charge in [-0.05, 0) is 54.6 Å². The van der Waals surface area contributed by atoms with Crippen LogP contribution in [0.5, 0.6) is 0 Å². The molecule has 1 unspecified atom stereocenters. The second-order valence-corrected chi connectivity index (χ2v) is 9.06. The van der Waals surface area contributed by atoms with Crippen LogP contribution in [-0.4, -0.2) is 38.7 Å². The molecule has 29 heavy (non-hydrogen) atoms. The summed E-state index contributed by atoms with van der Waals surface area (Å²) in [5, 5.41) is 7.04. The van der Waals surface area contributed by atoms with Gasteiger partial charge in [0, 0.05) is 36.9 Å². The first-order valence-corrected chi connectivity index (χ1v) is 11.1. The fraction of sp³-hybridized carbons (Fsp3) is 0.350. The van der Waals surface area contributed by atoms with Crippen molar-refractivity contribution >= 4 is 56.7 Å². The Bertz CT molecular complexity index is 917. The van der Waals surface area contributed by atoms with E-state index in [0.29, 0.717) is 29.0 Å². The predicted molar refractivity (Wildman–Crippen MR) is 119 cm³/mol. The molecule has 1 atom stereocenters. The first kappa shape index (κ1) is 20.5. The van der Waals surface area contributed by atoms with Gasteiger partial charge in [0.1, 0.15) is 17.1 Å². The highest BCUT2D eigenvalue weighted by Crippen LogP contribution is 2.37. The van der Waals surface area contributed by atoms with Gasteiger partial charge in [-0.15, -0.1) is 0 Å². The minimum absolute atomic E-state index is 0.186. The van der Waals surface area contributed by atoms with E-state index >= 15 is 0 Å². The minimum atomic E-state index is -0.228. The SMILES string of the molecule is O=C(Cl)CC1CCN(C2NC=C(c3cccc(Nc4cc(Cl)ccn4)n3)S2)CC1. The number of pyridine rings is 2. The number of hydrogen-bond donors (Lipinski definition) is 2. The Morgan fingerprint density at radius 2 is 2.10 bits per heavy atom. The van der Waals surface area contributed by atoms with Crippen LogP contribution in [0, 0.1) is 5.92 Å². The summed E-state index contributed by atoms with van der Waals surface area (Å²) >= 11 is 13.3. The van der Waals surface area contributed by atoms with Crippen molar-refractivity contribution in [1.82, 2.24) is 20.2 Å². The molecule has 1 saturated heterocycles. The van der Waals surface area contributed by atoms with Crippen molar-refractivity contribution in [2.75, 3.05) is 18.4 Å². The van der Waals surface area contributed by atoms with Crippen LogP contribution in [0.2, 0.25) is 5.02 Å². The van der Waals surface area contributed by atoms with Gasteiger partial charge in [-0.1, -0.05) is 29.4 Å². The molecule has 1 fully saturated rings. The Kier molecular flexibility index (Phi) is 6.60. The lowest BCUT2D eigenvalue weighted by Crippen LogP contribution is -2.44. The van der Waals surface area contributed by atoms with E-state index in [1.165, 1.54) is 0 Å². The number of likely N-dealkylation sites (tertiary alicyclic amines) is 1. The Hall–Kier alpha value is -1.80. The van der Waals surface area contributed by atoms with Crippen LogP contribution < -0.4 is 10.6 Å². The number of halogens is 2. The third-order valence-corrected chi connectivity index (χ3v) is 6.63. The van der Waals surface area contributed by atoms with Gasteiger partial charge in [0.05, 0.1) is 10.6 Å². The van der Waals surface area contributed by atoms with Gasteiger partial charge >= 0.3 is 0 Å². The van der Waals surface area contributed by atoms with Gasteiger partial charge in [-0.3, -0.25) is 9.69 Å². The molecule has 0 bridgehead atoms. The lowest BCUT2D eigenvalue weighted by Gasteiger charge is -2.35. The maximum atomic E-state index is 11.1. The molecule has 0 spiro atoms. The largest absolute Gasteiger partial charge is 0.366 e. The summed E-state index contributed by atoms with van der Waals surface area (Å²) in [6.07, 6.45) is 6.15. The molecule has 2 aromatic rings. The minimum Gasteiger partial charge on any atom is -0.366 e. The Morgan fingerprint density at radius 1 is 1.28 bits per heavy atom. The van der Waals surface area contributed by atoms with Crippen LogP contribution in [0.1, 0.15) is 25.0 Å². The summed E-state index contributed by atoms with van der Waals surface area (Å²) in [6, 6.07) is 9.37. The topological polar surface area (TPSA) is 70.2 Å². The average molecular weight is 450 g/mol. The molecule has 6 nitrogen and oxygen atoms in total. The Morgan fingerprint density at radius 3 is 2.86 bits per heavy atom. The Labute approximate surface area is 184 Å². The number of nitrogens with zero attached hydrogens (tertiary/aromatic N) is 3. The number of piperidine rings is 1. The van der Waals surface area contributed by atoms with Gasteiger partial charge in [-0.25, -0.2) is 9.97 Å². The maximum absolute atomic E-state index is 11.1. The van der Waals surface area contributed by atoms with E-state index in [0.717, 1.165) is 36.5 Å². The maximum Gasteiger partial charge on any atom is 0.221 e. The standard InChI is InChI=1S/C20H21Cl2N5OS/c21-14-4-7-23-19(11-14)26-18-3-1-2-15(25-18)16-12-24-20(29-16)27-8-5-13(6-9-27)10-17(22)28/h1-4,7,11-13,20,24H,5-6,8-10H2,(H,23,25,26). The van der Waals surface area contributed by atoms with Crippen molar-refractivity contribution in [1.29, 1.82) is 0 Å². The van der Waals surface area contributed by atoms with E-state index in [9.17, 15) is 4.79 Å². The number of nitrogens with one attached hydrogen (secondary N) is 2. The zero-order valence-corrected chi connectivity index (χ0v) is 18.0. The zero-order valence-electron chi connectivity index (χ0n) is 15.6. The number of carbonyl (C=O) groups excluding carboxylic acids is 1. The Balaban J connectivity index is 1.35. The van der Waals surface area contributed by atoms with Gasteiger partial charge in [0.15, 0.2) is 0 Å². The third kappa shape index (κ3) is 5.42. The normalized spacial score (nSPS) is 20.2. The van der Waals surface area contributed by atoms with E-state index in [2.05, 4.69) is 20.5 Å². The molecule has 2 aromatic heterocycles. The first-order valence-electron chi connectivity index (χ1n) is 9.48. The molecule has 0 aromatic carbocycles. The molecule has 4 rings (SSSR count). The van der Waals surface area contributed by atoms with Crippen molar-refractivity contribution in [3.05, 3.63) is 53.4 Å². The zero-order chi connectivity index (χ0) is 20.2. The molecule has 4 heterocycles. The van der Waals surface area contributed by atoms with Gasteiger partial charge in [0.2, 0.25) is 5.24 Å². The van der Waals surface area contributed by atoms with Crippen molar-refractivity contribution < 1.29 is 4.79 Å². The van der Waals surface area contributed by atoms with Crippen LogP contribution in [0.3, 0.4) is 0 Å². The van der Waals surface area contributed by atoms with Crippen LogP contribution in [0.15, 0.2) is 42.7 Å². The van der Waals surface area contributed by atoms with Crippen LogP contribution >= 0.6 is 35.0 Å².